The van der Waals surface area contributed by atoms with E-state index < -0.39 is 24.1 Å². The molecule has 0 unspecified atom stereocenters. The van der Waals surface area contributed by atoms with Crippen molar-refractivity contribution in [2.75, 3.05) is 39.6 Å². The first-order valence-electron chi connectivity index (χ1n) is 9.72. The van der Waals surface area contributed by atoms with Crippen LogP contribution in [0, 0.1) is 11.8 Å². The van der Waals surface area contributed by atoms with Gasteiger partial charge in [0.1, 0.15) is 26.4 Å². The third-order valence-corrected chi connectivity index (χ3v) is 4.16. The molecule has 172 valence electrons. The van der Waals surface area contributed by atoms with Gasteiger partial charge in [-0.3, -0.25) is 19.3 Å². The van der Waals surface area contributed by atoms with E-state index in [1.54, 1.807) is 0 Å². The number of esters is 2. The van der Waals surface area contributed by atoms with E-state index in [9.17, 15) is 19.2 Å². The monoisotopic (exact) mass is 434 g/mol. The maximum atomic E-state index is 11.5. The number of nitrogens with one attached hydrogen (secondary N) is 2. The van der Waals surface area contributed by atoms with Crippen LogP contribution in [0.1, 0.15) is 39.5 Å². The number of hydrogen-bond acceptors (Lipinski definition) is 10. The zero-order valence-electron chi connectivity index (χ0n) is 17.3. The van der Waals surface area contributed by atoms with Crippen LogP contribution in [0.3, 0.4) is 0 Å². The highest BCUT2D eigenvalue weighted by molar-refractivity contribution is 5.66. The summed E-state index contributed by atoms with van der Waals surface area (Å²) in [5, 5.41) is 0. The zero-order valence-corrected chi connectivity index (χ0v) is 17.3. The van der Waals surface area contributed by atoms with Crippen molar-refractivity contribution in [2.24, 2.45) is 11.8 Å². The van der Waals surface area contributed by atoms with E-state index in [0.29, 0.717) is 0 Å². The highest BCUT2D eigenvalue weighted by Crippen LogP contribution is 2.29. The Bertz CT molecular complexity index is 501. The molecule has 30 heavy (non-hydrogen) atoms. The first-order chi connectivity index (χ1) is 14.4. The van der Waals surface area contributed by atoms with Crippen molar-refractivity contribution in [2.45, 2.75) is 39.5 Å². The van der Waals surface area contributed by atoms with Crippen LogP contribution in [-0.2, 0) is 38.2 Å². The van der Waals surface area contributed by atoms with E-state index in [1.165, 1.54) is 13.8 Å². The lowest BCUT2D eigenvalue weighted by Crippen LogP contribution is -2.31. The van der Waals surface area contributed by atoms with Gasteiger partial charge < -0.3 is 18.9 Å². The SMILES string of the molecule is CC(=O)OCCONC(=O)OCC1CCC(COC(=O)NOCCOC(C)=O)CC1. The minimum absolute atomic E-state index is 0.0323. The molecule has 1 aliphatic rings. The van der Waals surface area contributed by atoms with Crippen LogP contribution in [0.15, 0.2) is 0 Å². The molecule has 0 bridgehead atoms. The molecule has 1 saturated carbocycles. The molecule has 12 heteroatoms. The number of ether oxygens (including phenoxy) is 4. The van der Waals surface area contributed by atoms with Gasteiger partial charge in [-0.2, -0.15) is 11.0 Å². The molecule has 0 heterocycles. The number of hydroxylamine groups is 2. The Kier molecular flexibility index (Phi) is 12.9. The van der Waals surface area contributed by atoms with Crippen molar-refractivity contribution >= 4 is 24.1 Å². The van der Waals surface area contributed by atoms with Crippen LogP contribution in [0.2, 0.25) is 0 Å². The average molecular weight is 434 g/mol. The Morgan fingerprint density at radius 2 is 1.00 bits per heavy atom. The summed E-state index contributed by atoms with van der Waals surface area (Å²) in [6.07, 6.45) is 1.97. The van der Waals surface area contributed by atoms with Gasteiger partial charge in [0.15, 0.2) is 0 Å². The molecule has 1 fully saturated rings. The quantitative estimate of drug-likeness (QED) is 0.199. The third-order valence-electron chi connectivity index (χ3n) is 4.16. The van der Waals surface area contributed by atoms with E-state index in [2.05, 4.69) is 20.4 Å². The minimum atomic E-state index is -0.700. The average Bonchev–Trinajstić information content (AvgIpc) is 2.70. The smallest absolute Gasteiger partial charge is 0.431 e. The topological polar surface area (TPSA) is 148 Å². The number of carbonyl (C=O) groups excluding carboxylic acids is 4. The van der Waals surface area contributed by atoms with Crippen molar-refractivity contribution < 1.29 is 47.8 Å². The summed E-state index contributed by atoms with van der Waals surface area (Å²) in [6, 6.07) is 0. The van der Waals surface area contributed by atoms with Crippen LogP contribution >= 0.6 is 0 Å². The van der Waals surface area contributed by atoms with Crippen LogP contribution in [-0.4, -0.2) is 63.8 Å². The highest BCUT2D eigenvalue weighted by atomic mass is 16.7. The molecule has 2 amide bonds. The normalized spacial score (nSPS) is 18.1. The van der Waals surface area contributed by atoms with Crippen molar-refractivity contribution in [1.29, 1.82) is 0 Å². The maximum absolute atomic E-state index is 11.5. The van der Waals surface area contributed by atoms with E-state index in [4.69, 9.17) is 19.1 Å². The molecule has 0 aromatic rings. The zero-order chi connectivity index (χ0) is 22.2. The van der Waals surface area contributed by atoms with E-state index in [-0.39, 0.29) is 51.5 Å². The van der Waals surface area contributed by atoms with Crippen molar-refractivity contribution in [3.63, 3.8) is 0 Å². The summed E-state index contributed by atoms with van der Waals surface area (Å²) in [5.41, 5.74) is 4.23. The third kappa shape index (κ3) is 13.6. The second kappa shape index (κ2) is 15.3. The van der Waals surface area contributed by atoms with Gasteiger partial charge in [-0.05, 0) is 37.5 Å². The Labute approximate surface area is 174 Å². The summed E-state index contributed by atoms with van der Waals surface area (Å²) in [4.78, 5) is 53.8. The van der Waals surface area contributed by atoms with Gasteiger partial charge in [-0.25, -0.2) is 9.59 Å². The molecular weight excluding hydrogens is 404 g/mol. The first kappa shape index (κ1) is 25.4. The van der Waals surface area contributed by atoms with Gasteiger partial charge in [0, 0.05) is 13.8 Å². The Hall–Kier alpha value is -2.60. The van der Waals surface area contributed by atoms with Crippen LogP contribution in [0.4, 0.5) is 9.59 Å². The Morgan fingerprint density at radius 1 is 0.633 bits per heavy atom. The molecule has 0 radical (unpaired) electrons. The molecule has 0 aliphatic heterocycles. The molecule has 0 saturated heterocycles. The maximum Gasteiger partial charge on any atom is 0.431 e. The number of carbonyl (C=O) groups is 4. The molecule has 1 rings (SSSR count). The summed E-state index contributed by atoms with van der Waals surface area (Å²) >= 11 is 0. The molecule has 12 nitrogen and oxygen atoms in total. The summed E-state index contributed by atoms with van der Waals surface area (Å²) in [5.74, 6) is -0.391. The van der Waals surface area contributed by atoms with E-state index in [1.807, 2.05) is 0 Å². The van der Waals surface area contributed by atoms with Crippen molar-refractivity contribution in [3.05, 3.63) is 0 Å². The molecule has 2 N–H and O–H groups in total. The molecular formula is C18H30N2O10. The van der Waals surface area contributed by atoms with Crippen LogP contribution in [0.5, 0.6) is 0 Å². The van der Waals surface area contributed by atoms with Gasteiger partial charge in [0.25, 0.3) is 0 Å². The largest absolute Gasteiger partial charge is 0.463 e. The fourth-order valence-corrected chi connectivity index (χ4v) is 2.68. The van der Waals surface area contributed by atoms with Crippen LogP contribution < -0.4 is 11.0 Å². The van der Waals surface area contributed by atoms with Gasteiger partial charge in [0.05, 0.1) is 13.2 Å². The van der Waals surface area contributed by atoms with E-state index in [0.717, 1.165) is 25.7 Å². The Morgan fingerprint density at radius 3 is 1.33 bits per heavy atom. The fourth-order valence-electron chi connectivity index (χ4n) is 2.68. The van der Waals surface area contributed by atoms with E-state index >= 15 is 0 Å². The molecule has 0 aromatic heterocycles. The van der Waals surface area contributed by atoms with Crippen LogP contribution in [0.25, 0.3) is 0 Å². The Balaban J connectivity index is 2.01. The summed E-state index contributed by atoms with van der Waals surface area (Å²) < 4.78 is 19.5. The second-order valence-electron chi connectivity index (χ2n) is 6.66. The minimum Gasteiger partial charge on any atom is -0.463 e. The molecule has 0 spiro atoms. The fraction of sp³-hybridized carbons (Fsp3) is 0.778. The number of amides is 2. The van der Waals surface area contributed by atoms with Gasteiger partial charge in [-0.1, -0.05) is 0 Å². The van der Waals surface area contributed by atoms with Crippen molar-refractivity contribution in [1.82, 2.24) is 11.0 Å². The number of hydrogen-bond donors (Lipinski definition) is 2. The van der Waals surface area contributed by atoms with Gasteiger partial charge >= 0.3 is 24.1 Å². The molecule has 1 aliphatic carbocycles. The highest BCUT2D eigenvalue weighted by Gasteiger charge is 2.23. The summed E-state index contributed by atoms with van der Waals surface area (Å²) in [6.45, 7) is 3.24. The predicted molar refractivity (Wildman–Crippen MR) is 99.6 cm³/mol. The predicted octanol–water partition coefficient (Wildman–Crippen LogP) is 1.23. The standard InChI is InChI=1S/C18H30N2O10/c1-13(21)25-7-9-29-19-17(23)27-11-15-3-5-16(6-4-15)12-28-18(24)20-30-10-8-26-14(2)22/h15-16H,3-12H2,1-2H3,(H,19,23)(H,20,24). The lowest BCUT2D eigenvalue weighted by atomic mass is 9.83. The van der Waals surface area contributed by atoms with Gasteiger partial charge in [-0.15, -0.1) is 0 Å². The van der Waals surface area contributed by atoms with Gasteiger partial charge in [0.2, 0.25) is 0 Å². The van der Waals surface area contributed by atoms with Crippen molar-refractivity contribution in [3.8, 4) is 0 Å². The first-order valence-corrected chi connectivity index (χ1v) is 9.72. The lowest BCUT2D eigenvalue weighted by Gasteiger charge is -2.27. The molecule has 0 atom stereocenters. The summed E-state index contributed by atoms with van der Waals surface area (Å²) in [7, 11) is 0. The number of rotatable bonds is 12. The molecule has 0 aromatic carbocycles. The second-order valence-corrected chi connectivity index (χ2v) is 6.66. The lowest BCUT2D eigenvalue weighted by molar-refractivity contribution is -0.144.